The van der Waals surface area contributed by atoms with Gasteiger partial charge in [-0.3, -0.25) is 0 Å². The van der Waals surface area contributed by atoms with Crippen LogP contribution in [-0.4, -0.2) is 55.2 Å². The summed E-state index contributed by atoms with van der Waals surface area (Å²) in [4.78, 5) is 16.4. The summed E-state index contributed by atoms with van der Waals surface area (Å²) >= 11 is 0. The highest BCUT2D eigenvalue weighted by Crippen LogP contribution is 2.28. The van der Waals surface area contributed by atoms with Crippen LogP contribution < -0.4 is 0 Å². The van der Waals surface area contributed by atoms with Crippen LogP contribution in [0, 0.1) is 0 Å². The summed E-state index contributed by atoms with van der Waals surface area (Å²) in [5.41, 5.74) is 2.48. The lowest BCUT2D eigenvalue weighted by molar-refractivity contribution is 0.0456. The molecule has 0 aromatic heterocycles. The van der Waals surface area contributed by atoms with E-state index >= 15 is 0 Å². The molecule has 118 valence electrons. The van der Waals surface area contributed by atoms with E-state index in [0.29, 0.717) is 39.4 Å². The molecule has 4 nitrogen and oxygen atoms in total. The van der Waals surface area contributed by atoms with Crippen molar-refractivity contribution in [3.05, 3.63) is 54.1 Å². The van der Waals surface area contributed by atoms with Crippen molar-refractivity contribution in [3.8, 4) is 0 Å². The number of carbonyl (C=O) groups is 1. The molecule has 0 spiro atoms. The monoisotopic (exact) mass is 308 g/mol. The summed E-state index contributed by atoms with van der Waals surface area (Å²) in [6.07, 6.45) is 2.18. The molecule has 0 atom stereocenters. The van der Waals surface area contributed by atoms with Crippen LogP contribution in [0.4, 0.5) is 4.79 Å². The molecule has 2 aromatic rings. The van der Waals surface area contributed by atoms with Crippen molar-refractivity contribution in [2.75, 3.05) is 39.4 Å². The number of morpholine rings is 1. The zero-order valence-corrected chi connectivity index (χ0v) is 13.1. The Bertz CT molecular complexity index is 758. The first-order valence-corrected chi connectivity index (χ1v) is 8.12. The van der Waals surface area contributed by atoms with Crippen molar-refractivity contribution >= 4 is 22.4 Å². The van der Waals surface area contributed by atoms with Gasteiger partial charge >= 0.3 is 6.03 Å². The predicted molar refractivity (Wildman–Crippen MR) is 91.3 cm³/mol. The largest absolute Gasteiger partial charge is 0.378 e. The lowest BCUT2D eigenvalue weighted by Gasteiger charge is -2.31. The van der Waals surface area contributed by atoms with Crippen molar-refractivity contribution in [2.45, 2.75) is 0 Å². The Morgan fingerprint density at radius 3 is 2.61 bits per heavy atom. The van der Waals surface area contributed by atoms with E-state index in [-0.39, 0.29) is 6.03 Å². The number of hydrogen-bond acceptors (Lipinski definition) is 2. The number of fused-ring (bicyclic) bond motifs is 1. The van der Waals surface area contributed by atoms with Gasteiger partial charge in [-0.25, -0.2) is 4.79 Å². The molecule has 4 rings (SSSR count). The van der Waals surface area contributed by atoms with Gasteiger partial charge in [-0.1, -0.05) is 48.5 Å². The predicted octanol–water partition coefficient (Wildman–Crippen LogP) is 2.99. The average molecular weight is 308 g/mol. The van der Waals surface area contributed by atoms with E-state index in [0.717, 1.165) is 0 Å². The molecule has 2 aliphatic rings. The Hall–Kier alpha value is -2.33. The Balaban J connectivity index is 1.54. The summed E-state index contributed by atoms with van der Waals surface area (Å²) in [5, 5.41) is 2.49. The third-order valence-electron chi connectivity index (χ3n) is 4.61. The first-order chi connectivity index (χ1) is 11.3. The average Bonchev–Trinajstić information content (AvgIpc) is 3.11. The maximum absolute atomic E-state index is 12.6. The summed E-state index contributed by atoms with van der Waals surface area (Å²) in [6.45, 7) is 4.04. The number of hydrogen-bond donors (Lipinski definition) is 0. The molecule has 2 aromatic carbocycles. The van der Waals surface area contributed by atoms with Crippen LogP contribution in [0.5, 0.6) is 0 Å². The minimum atomic E-state index is 0.125. The molecule has 0 saturated carbocycles. The van der Waals surface area contributed by atoms with Gasteiger partial charge in [0, 0.05) is 26.2 Å². The number of urea groups is 1. The Morgan fingerprint density at radius 1 is 0.957 bits per heavy atom. The van der Waals surface area contributed by atoms with E-state index in [9.17, 15) is 4.79 Å². The molecular weight excluding hydrogens is 288 g/mol. The van der Waals surface area contributed by atoms with Gasteiger partial charge in [-0.05, 0) is 21.9 Å². The van der Waals surface area contributed by atoms with Gasteiger partial charge in [0.25, 0.3) is 0 Å². The van der Waals surface area contributed by atoms with Crippen molar-refractivity contribution in [3.63, 3.8) is 0 Å². The highest BCUT2D eigenvalue weighted by Gasteiger charge is 2.26. The number of carbonyl (C=O) groups excluding carboxylic acids is 1. The number of rotatable bonds is 1. The molecule has 0 radical (unpaired) electrons. The fraction of sp³-hybridized carbons (Fsp3) is 0.316. The third kappa shape index (κ3) is 2.70. The van der Waals surface area contributed by atoms with Crippen molar-refractivity contribution in [1.29, 1.82) is 0 Å². The van der Waals surface area contributed by atoms with Crippen LogP contribution in [0.25, 0.3) is 16.3 Å². The molecule has 0 aliphatic carbocycles. The first-order valence-electron chi connectivity index (χ1n) is 8.12. The minimum absolute atomic E-state index is 0.125. The Morgan fingerprint density at radius 2 is 1.74 bits per heavy atom. The van der Waals surface area contributed by atoms with Crippen LogP contribution in [0.15, 0.2) is 48.5 Å². The second-order valence-corrected chi connectivity index (χ2v) is 6.02. The number of ether oxygens (including phenoxy) is 1. The molecule has 2 amide bonds. The fourth-order valence-corrected chi connectivity index (χ4v) is 3.36. The molecule has 1 saturated heterocycles. The molecule has 2 aliphatic heterocycles. The van der Waals surface area contributed by atoms with Crippen LogP contribution in [-0.2, 0) is 4.74 Å². The standard InChI is InChI=1S/C19H20N2O2/c22-19(20-10-12-23-13-11-20)21-9-8-16(14-21)18-7-3-5-15-4-1-2-6-17(15)18/h1-8H,9-14H2. The van der Waals surface area contributed by atoms with Gasteiger partial charge in [0.2, 0.25) is 0 Å². The van der Waals surface area contributed by atoms with E-state index < -0.39 is 0 Å². The number of nitrogens with zero attached hydrogens (tertiary/aromatic N) is 2. The van der Waals surface area contributed by atoms with E-state index in [1.54, 1.807) is 0 Å². The topological polar surface area (TPSA) is 32.8 Å². The summed E-state index contributed by atoms with van der Waals surface area (Å²) < 4.78 is 5.33. The Kier molecular flexibility index (Phi) is 3.75. The molecule has 0 unspecified atom stereocenters. The maximum atomic E-state index is 12.6. The highest BCUT2D eigenvalue weighted by atomic mass is 16.5. The van der Waals surface area contributed by atoms with Gasteiger partial charge in [0.1, 0.15) is 0 Å². The SMILES string of the molecule is O=C(N1CCOCC1)N1CC=C(c2cccc3ccccc23)C1. The molecule has 2 heterocycles. The molecule has 1 fully saturated rings. The second-order valence-electron chi connectivity index (χ2n) is 6.02. The fourth-order valence-electron chi connectivity index (χ4n) is 3.36. The van der Waals surface area contributed by atoms with E-state index in [4.69, 9.17) is 4.74 Å². The summed E-state index contributed by atoms with van der Waals surface area (Å²) in [6, 6.07) is 14.9. The normalized spacial score (nSPS) is 18.3. The van der Waals surface area contributed by atoms with Crippen LogP contribution >= 0.6 is 0 Å². The lowest BCUT2D eigenvalue weighted by Crippen LogP contribution is -2.47. The second kappa shape index (κ2) is 6.05. The zero-order chi connectivity index (χ0) is 15.6. The zero-order valence-electron chi connectivity index (χ0n) is 13.1. The maximum Gasteiger partial charge on any atom is 0.320 e. The van der Waals surface area contributed by atoms with Gasteiger partial charge in [0.05, 0.1) is 13.2 Å². The third-order valence-corrected chi connectivity index (χ3v) is 4.61. The van der Waals surface area contributed by atoms with Crippen LogP contribution in [0.3, 0.4) is 0 Å². The first kappa shape index (κ1) is 14.3. The summed E-state index contributed by atoms with van der Waals surface area (Å²) in [7, 11) is 0. The number of benzene rings is 2. The molecular formula is C19H20N2O2. The van der Waals surface area contributed by atoms with Crippen molar-refractivity contribution in [2.24, 2.45) is 0 Å². The van der Waals surface area contributed by atoms with Gasteiger partial charge in [-0.2, -0.15) is 0 Å². The lowest BCUT2D eigenvalue weighted by atomic mass is 9.99. The van der Waals surface area contributed by atoms with E-state index in [1.807, 2.05) is 9.80 Å². The van der Waals surface area contributed by atoms with Gasteiger partial charge in [0.15, 0.2) is 0 Å². The van der Waals surface area contributed by atoms with Crippen LogP contribution in [0.1, 0.15) is 5.56 Å². The van der Waals surface area contributed by atoms with E-state index in [1.165, 1.54) is 21.9 Å². The number of amides is 2. The minimum Gasteiger partial charge on any atom is -0.378 e. The van der Waals surface area contributed by atoms with E-state index in [2.05, 4.69) is 48.5 Å². The van der Waals surface area contributed by atoms with Crippen LogP contribution in [0.2, 0.25) is 0 Å². The summed E-state index contributed by atoms with van der Waals surface area (Å²) in [5.74, 6) is 0. The van der Waals surface area contributed by atoms with Gasteiger partial charge in [-0.15, -0.1) is 0 Å². The molecule has 0 bridgehead atoms. The molecule has 23 heavy (non-hydrogen) atoms. The van der Waals surface area contributed by atoms with Gasteiger partial charge < -0.3 is 14.5 Å². The smallest absolute Gasteiger partial charge is 0.320 e. The highest BCUT2D eigenvalue weighted by molar-refractivity contribution is 5.95. The Labute approximate surface area is 135 Å². The van der Waals surface area contributed by atoms with Crippen molar-refractivity contribution < 1.29 is 9.53 Å². The molecule has 4 heteroatoms. The molecule has 0 N–H and O–H groups in total. The van der Waals surface area contributed by atoms with Crippen molar-refractivity contribution in [1.82, 2.24) is 9.80 Å². The quantitative estimate of drug-likeness (QED) is 0.811.